The summed E-state index contributed by atoms with van der Waals surface area (Å²) >= 11 is 5.79. The number of amides is 1. The molecular weight excluding hydrogens is 278 g/mol. The van der Waals surface area contributed by atoms with Crippen LogP contribution < -0.4 is 10.9 Å². The molecule has 0 fully saturated rings. The number of aryl methyl sites for hydroxylation is 2. The van der Waals surface area contributed by atoms with Gasteiger partial charge in [0.15, 0.2) is 0 Å². The third-order valence-corrected chi connectivity index (χ3v) is 3.06. The van der Waals surface area contributed by atoms with E-state index in [1.165, 1.54) is 0 Å². The SMILES string of the molecule is Cc1nc(C)c(C(=O)NCc2ccc(Cl)cc2)c(=O)[nH]1. The minimum absolute atomic E-state index is 0.0459. The van der Waals surface area contributed by atoms with Crippen LogP contribution in [-0.4, -0.2) is 15.9 Å². The summed E-state index contributed by atoms with van der Waals surface area (Å²) in [5.41, 5.74) is 0.935. The van der Waals surface area contributed by atoms with Gasteiger partial charge in [0.2, 0.25) is 0 Å². The Kier molecular flexibility index (Phi) is 4.20. The molecule has 0 radical (unpaired) electrons. The van der Waals surface area contributed by atoms with Gasteiger partial charge in [0.05, 0.1) is 5.69 Å². The maximum Gasteiger partial charge on any atom is 0.264 e. The first kappa shape index (κ1) is 14.3. The van der Waals surface area contributed by atoms with Crippen molar-refractivity contribution < 1.29 is 4.79 Å². The van der Waals surface area contributed by atoms with Crippen molar-refractivity contribution in [3.63, 3.8) is 0 Å². The monoisotopic (exact) mass is 291 g/mol. The first-order valence-electron chi connectivity index (χ1n) is 6.07. The zero-order chi connectivity index (χ0) is 14.7. The van der Waals surface area contributed by atoms with Crippen LogP contribution in [0.25, 0.3) is 0 Å². The van der Waals surface area contributed by atoms with E-state index in [4.69, 9.17) is 11.6 Å². The number of aromatic amines is 1. The van der Waals surface area contributed by atoms with E-state index >= 15 is 0 Å². The lowest BCUT2D eigenvalue weighted by Gasteiger charge is -2.07. The number of benzene rings is 1. The van der Waals surface area contributed by atoms with Crippen molar-refractivity contribution in [2.24, 2.45) is 0 Å². The standard InChI is InChI=1S/C14H14ClN3O2/c1-8-12(14(20)18-9(2)17-8)13(19)16-7-10-3-5-11(15)6-4-10/h3-6H,7H2,1-2H3,(H,16,19)(H,17,18,20). The molecule has 1 amide bonds. The molecular formula is C14H14ClN3O2. The van der Waals surface area contributed by atoms with Crippen molar-refractivity contribution in [3.05, 3.63) is 62.3 Å². The molecule has 1 aromatic heterocycles. The molecule has 2 N–H and O–H groups in total. The second-order valence-electron chi connectivity index (χ2n) is 4.42. The van der Waals surface area contributed by atoms with Gasteiger partial charge in [-0.3, -0.25) is 9.59 Å². The molecule has 1 aromatic carbocycles. The fraction of sp³-hybridized carbons (Fsp3) is 0.214. The van der Waals surface area contributed by atoms with Gasteiger partial charge >= 0.3 is 0 Å². The Balaban J connectivity index is 2.13. The van der Waals surface area contributed by atoms with Crippen molar-refractivity contribution in [2.45, 2.75) is 20.4 Å². The highest BCUT2D eigenvalue weighted by molar-refractivity contribution is 6.30. The van der Waals surface area contributed by atoms with Crippen molar-refractivity contribution in [3.8, 4) is 0 Å². The molecule has 0 saturated carbocycles. The third-order valence-electron chi connectivity index (χ3n) is 2.81. The number of carbonyl (C=O) groups is 1. The quantitative estimate of drug-likeness (QED) is 0.908. The van der Waals surface area contributed by atoms with Crippen LogP contribution in [0.5, 0.6) is 0 Å². The van der Waals surface area contributed by atoms with Gasteiger partial charge in [-0.25, -0.2) is 4.98 Å². The molecule has 2 rings (SSSR count). The van der Waals surface area contributed by atoms with Crippen LogP contribution in [0.4, 0.5) is 0 Å². The third kappa shape index (κ3) is 3.24. The molecule has 1 heterocycles. The van der Waals surface area contributed by atoms with Crippen LogP contribution >= 0.6 is 11.6 Å². The Morgan fingerprint density at radius 1 is 1.30 bits per heavy atom. The van der Waals surface area contributed by atoms with Gasteiger partial charge in [0.25, 0.3) is 11.5 Å². The summed E-state index contributed by atoms with van der Waals surface area (Å²) in [5.74, 6) is 0.0490. The van der Waals surface area contributed by atoms with E-state index in [-0.39, 0.29) is 5.56 Å². The zero-order valence-electron chi connectivity index (χ0n) is 11.2. The molecule has 0 saturated heterocycles. The number of halogens is 1. The molecule has 104 valence electrons. The molecule has 6 heteroatoms. The Morgan fingerprint density at radius 3 is 2.55 bits per heavy atom. The molecule has 0 aliphatic heterocycles. The molecule has 0 unspecified atom stereocenters. The van der Waals surface area contributed by atoms with Gasteiger partial charge in [0, 0.05) is 11.6 Å². The predicted molar refractivity (Wildman–Crippen MR) is 77.0 cm³/mol. The van der Waals surface area contributed by atoms with E-state index in [1.807, 2.05) is 12.1 Å². The Hall–Kier alpha value is -2.14. The highest BCUT2D eigenvalue weighted by Crippen LogP contribution is 2.09. The van der Waals surface area contributed by atoms with Gasteiger partial charge in [-0.1, -0.05) is 23.7 Å². The second kappa shape index (κ2) is 5.88. The fourth-order valence-electron chi connectivity index (χ4n) is 1.87. The van der Waals surface area contributed by atoms with Gasteiger partial charge < -0.3 is 10.3 Å². The van der Waals surface area contributed by atoms with Crippen LogP contribution in [-0.2, 0) is 6.54 Å². The smallest absolute Gasteiger partial charge is 0.264 e. The molecule has 2 aromatic rings. The topological polar surface area (TPSA) is 74.8 Å². The first-order chi connectivity index (χ1) is 9.47. The lowest BCUT2D eigenvalue weighted by atomic mass is 10.2. The zero-order valence-corrected chi connectivity index (χ0v) is 11.9. The molecule has 0 aliphatic carbocycles. The maximum absolute atomic E-state index is 12.0. The number of rotatable bonds is 3. The van der Waals surface area contributed by atoms with E-state index in [2.05, 4.69) is 15.3 Å². The molecule has 5 nitrogen and oxygen atoms in total. The van der Waals surface area contributed by atoms with Crippen molar-refractivity contribution >= 4 is 17.5 Å². The van der Waals surface area contributed by atoms with Crippen LogP contribution in [0.2, 0.25) is 5.02 Å². The Labute approximate surface area is 121 Å². The van der Waals surface area contributed by atoms with E-state index < -0.39 is 11.5 Å². The predicted octanol–water partition coefficient (Wildman–Crippen LogP) is 1.97. The Bertz CT molecular complexity index is 693. The average molecular weight is 292 g/mol. The fourth-order valence-corrected chi connectivity index (χ4v) is 1.99. The first-order valence-corrected chi connectivity index (χ1v) is 6.45. The number of hydrogen-bond donors (Lipinski definition) is 2. The van der Waals surface area contributed by atoms with E-state index in [0.29, 0.717) is 23.1 Å². The van der Waals surface area contributed by atoms with E-state index in [9.17, 15) is 9.59 Å². The Morgan fingerprint density at radius 2 is 1.95 bits per heavy atom. The van der Waals surface area contributed by atoms with Crippen LogP contribution in [0.15, 0.2) is 29.1 Å². The number of aromatic nitrogens is 2. The minimum Gasteiger partial charge on any atom is -0.348 e. The van der Waals surface area contributed by atoms with Crippen LogP contribution in [0.1, 0.15) is 27.4 Å². The van der Waals surface area contributed by atoms with Crippen molar-refractivity contribution in [2.75, 3.05) is 0 Å². The summed E-state index contributed by atoms with van der Waals surface area (Å²) in [6, 6.07) is 7.11. The van der Waals surface area contributed by atoms with E-state index in [1.54, 1.807) is 26.0 Å². The summed E-state index contributed by atoms with van der Waals surface area (Å²) in [5, 5.41) is 3.33. The second-order valence-corrected chi connectivity index (χ2v) is 4.86. The van der Waals surface area contributed by atoms with Gasteiger partial charge in [0.1, 0.15) is 11.4 Å². The molecule has 0 bridgehead atoms. The average Bonchev–Trinajstić information content (AvgIpc) is 2.37. The number of H-pyrrole nitrogens is 1. The number of nitrogens with zero attached hydrogens (tertiary/aromatic N) is 1. The van der Waals surface area contributed by atoms with Crippen molar-refractivity contribution in [1.29, 1.82) is 0 Å². The summed E-state index contributed by atoms with van der Waals surface area (Å²) in [4.78, 5) is 30.4. The van der Waals surface area contributed by atoms with Crippen LogP contribution in [0, 0.1) is 13.8 Å². The maximum atomic E-state index is 12.0. The summed E-state index contributed by atoms with van der Waals surface area (Å²) < 4.78 is 0. The normalized spacial score (nSPS) is 10.3. The molecule has 0 aliphatic rings. The van der Waals surface area contributed by atoms with Crippen LogP contribution in [0.3, 0.4) is 0 Å². The van der Waals surface area contributed by atoms with Gasteiger partial charge in [-0.15, -0.1) is 0 Å². The van der Waals surface area contributed by atoms with Gasteiger partial charge in [-0.05, 0) is 31.5 Å². The van der Waals surface area contributed by atoms with Crippen molar-refractivity contribution in [1.82, 2.24) is 15.3 Å². The van der Waals surface area contributed by atoms with E-state index in [0.717, 1.165) is 5.56 Å². The summed E-state index contributed by atoms with van der Waals surface area (Å²) in [6.45, 7) is 3.63. The summed E-state index contributed by atoms with van der Waals surface area (Å²) in [6.07, 6.45) is 0. The number of hydrogen-bond acceptors (Lipinski definition) is 3. The lowest BCUT2D eigenvalue weighted by Crippen LogP contribution is -2.31. The number of carbonyl (C=O) groups excluding carboxylic acids is 1. The molecule has 0 spiro atoms. The highest BCUT2D eigenvalue weighted by atomic mass is 35.5. The van der Waals surface area contributed by atoms with Gasteiger partial charge in [-0.2, -0.15) is 0 Å². The molecule has 0 atom stereocenters. The summed E-state index contributed by atoms with van der Waals surface area (Å²) in [7, 11) is 0. The number of nitrogens with one attached hydrogen (secondary N) is 2. The lowest BCUT2D eigenvalue weighted by molar-refractivity contribution is 0.0948. The largest absolute Gasteiger partial charge is 0.348 e. The minimum atomic E-state index is -0.439. The molecule has 20 heavy (non-hydrogen) atoms. The highest BCUT2D eigenvalue weighted by Gasteiger charge is 2.15.